The lowest BCUT2D eigenvalue weighted by molar-refractivity contribution is -0.149. The SMILES string of the molecule is CC(C)(C)C1C(CO)CC12CCN(C(=O)O)CC2. The van der Waals surface area contributed by atoms with Crippen molar-refractivity contribution in [1.82, 2.24) is 4.90 Å². The van der Waals surface area contributed by atoms with Crippen LogP contribution in [0.2, 0.25) is 0 Å². The number of likely N-dealkylation sites (tertiary alicyclic amines) is 1. The molecule has 1 amide bonds. The molecule has 0 aromatic rings. The maximum Gasteiger partial charge on any atom is 0.407 e. The summed E-state index contributed by atoms with van der Waals surface area (Å²) in [5.74, 6) is 0.923. The van der Waals surface area contributed by atoms with Gasteiger partial charge < -0.3 is 15.1 Å². The number of aliphatic hydroxyl groups excluding tert-OH is 1. The van der Waals surface area contributed by atoms with Gasteiger partial charge in [0.05, 0.1) is 0 Å². The Kier molecular flexibility index (Phi) is 3.34. The Morgan fingerprint density at radius 1 is 1.33 bits per heavy atom. The molecule has 2 rings (SSSR count). The molecule has 2 fully saturated rings. The number of carbonyl (C=O) groups is 1. The number of nitrogens with zero attached hydrogens (tertiary/aromatic N) is 1. The highest BCUT2D eigenvalue weighted by molar-refractivity contribution is 5.65. The first kappa shape index (κ1) is 13.7. The monoisotopic (exact) mass is 255 g/mol. The normalized spacial score (nSPS) is 31.2. The number of carboxylic acid groups (broad SMARTS) is 1. The summed E-state index contributed by atoms with van der Waals surface area (Å²) in [6, 6.07) is 0. The van der Waals surface area contributed by atoms with Gasteiger partial charge in [-0.2, -0.15) is 0 Å². The molecule has 0 aromatic heterocycles. The van der Waals surface area contributed by atoms with Crippen molar-refractivity contribution in [2.45, 2.75) is 40.0 Å². The van der Waals surface area contributed by atoms with E-state index in [1.807, 2.05) is 0 Å². The zero-order valence-electron chi connectivity index (χ0n) is 11.6. The van der Waals surface area contributed by atoms with E-state index in [1.54, 1.807) is 0 Å². The summed E-state index contributed by atoms with van der Waals surface area (Å²) in [7, 11) is 0. The highest BCUT2D eigenvalue weighted by atomic mass is 16.4. The molecule has 1 spiro atoms. The molecule has 4 heteroatoms. The smallest absolute Gasteiger partial charge is 0.407 e. The Bertz CT molecular complexity index is 326. The standard InChI is InChI=1S/C14H25NO3/c1-13(2,3)11-10(9-16)8-14(11)4-6-15(7-5-14)12(17)18/h10-11,16H,4-9H2,1-3H3,(H,17,18). The first-order chi connectivity index (χ1) is 8.30. The largest absolute Gasteiger partial charge is 0.465 e. The van der Waals surface area contributed by atoms with Crippen molar-refractivity contribution in [1.29, 1.82) is 0 Å². The molecule has 1 aliphatic carbocycles. The van der Waals surface area contributed by atoms with Crippen LogP contribution in [0.4, 0.5) is 4.79 Å². The second kappa shape index (κ2) is 4.41. The van der Waals surface area contributed by atoms with Gasteiger partial charge in [-0.15, -0.1) is 0 Å². The van der Waals surface area contributed by atoms with Crippen LogP contribution in [0.1, 0.15) is 40.0 Å². The van der Waals surface area contributed by atoms with E-state index in [0.717, 1.165) is 19.3 Å². The van der Waals surface area contributed by atoms with E-state index in [4.69, 9.17) is 5.11 Å². The van der Waals surface area contributed by atoms with Gasteiger partial charge in [0.25, 0.3) is 0 Å². The third-order valence-corrected chi connectivity index (χ3v) is 5.00. The van der Waals surface area contributed by atoms with E-state index >= 15 is 0 Å². The van der Waals surface area contributed by atoms with Crippen molar-refractivity contribution in [3.8, 4) is 0 Å². The predicted octanol–water partition coefficient (Wildman–Crippen LogP) is 2.42. The van der Waals surface area contributed by atoms with E-state index in [9.17, 15) is 9.90 Å². The molecule has 1 saturated carbocycles. The molecular weight excluding hydrogens is 230 g/mol. The van der Waals surface area contributed by atoms with Crippen LogP contribution in [-0.2, 0) is 0 Å². The van der Waals surface area contributed by atoms with E-state index in [0.29, 0.717) is 24.9 Å². The van der Waals surface area contributed by atoms with Crippen LogP contribution < -0.4 is 0 Å². The predicted molar refractivity (Wildman–Crippen MR) is 69.4 cm³/mol. The summed E-state index contributed by atoms with van der Waals surface area (Å²) in [6.07, 6.45) is 2.18. The molecule has 2 N–H and O–H groups in total. The fourth-order valence-electron chi connectivity index (χ4n) is 4.56. The Labute approximate surface area is 109 Å². The summed E-state index contributed by atoms with van der Waals surface area (Å²) in [4.78, 5) is 12.5. The minimum Gasteiger partial charge on any atom is -0.465 e. The van der Waals surface area contributed by atoms with E-state index in [1.165, 1.54) is 4.90 Å². The van der Waals surface area contributed by atoms with Crippen LogP contribution in [0.3, 0.4) is 0 Å². The van der Waals surface area contributed by atoms with Gasteiger partial charge in [0.15, 0.2) is 0 Å². The van der Waals surface area contributed by atoms with Crippen LogP contribution >= 0.6 is 0 Å². The third kappa shape index (κ3) is 2.11. The molecular formula is C14H25NO3. The number of rotatable bonds is 1. The number of amides is 1. The second-order valence-electron chi connectivity index (χ2n) is 7.12. The van der Waals surface area contributed by atoms with Crippen molar-refractivity contribution in [2.75, 3.05) is 19.7 Å². The van der Waals surface area contributed by atoms with Crippen LogP contribution in [0.25, 0.3) is 0 Å². The molecule has 1 heterocycles. The average Bonchev–Trinajstić information content (AvgIpc) is 2.23. The Morgan fingerprint density at radius 2 is 1.89 bits per heavy atom. The first-order valence-corrected chi connectivity index (χ1v) is 6.89. The molecule has 2 unspecified atom stereocenters. The topological polar surface area (TPSA) is 60.8 Å². The van der Waals surface area contributed by atoms with Gasteiger partial charge in [-0.1, -0.05) is 20.8 Å². The molecule has 2 atom stereocenters. The zero-order valence-corrected chi connectivity index (χ0v) is 11.6. The van der Waals surface area contributed by atoms with Crippen LogP contribution in [0, 0.1) is 22.7 Å². The molecule has 1 aliphatic heterocycles. The van der Waals surface area contributed by atoms with Gasteiger partial charge >= 0.3 is 6.09 Å². The summed E-state index contributed by atoms with van der Waals surface area (Å²) in [5.41, 5.74) is 0.467. The first-order valence-electron chi connectivity index (χ1n) is 6.89. The van der Waals surface area contributed by atoms with Crippen molar-refractivity contribution >= 4 is 6.09 Å². The minimum absolute atomic E-state index is 0.192. The lowest BCUT2D eigenvalue weighted by atomic mass is 9.44. The molecule has 104 valence electrons. The maximum absolute atomic E-state index is 11.0. The van der Waals surface area contributed by atoms with Crippen LogP contribution in [-0.4, -0.2) is 40.9 Å². The summed E-state index contributed by atoms with van der Waals surface area (Å²) in [6.45, 7) is 8.30. The number of aliphatic hydroxyl groups is 1. The van der Waals surface area contributed by atoms with Gasteiger partial charge in [-0.05, 0) is 41.9 Å². The van der Waals surface area contributed by atoms with Gasteiger partial charge in [0.1, 0.15) is 0 Å². The van der Waals surface area contributed by atoms with Crippen molar-refractivity contribution < 1.29 is 15.0 Å². The maximum atomic E-state index is 11.0. The summed E-state index contributed by atoms with van der Waals surface area (Å²) < 4.78 is 0. The highest BCUT2D eigenvalue weighted by Crippen LogP contribution is 2.62. The second-order valence-corrected chi connectivity index (χ2v) is 7.12. The average molecular weight is 255 g/mol. The minimum atomic E-state index is -0.796. The zero-order chi connectivity index (χ0) is 13.6. The van der Waals surface area contributed by atoms with E-state index < -0.39 is 6.09 Å². The van der Waals surface area contributed by atoms with Gasteiger partial charge in [0, 0.05) is 19.7 Å². The number of hydrogen-bond donors (Lipinski definition) is 2. The molecule has 0 bridgehead atoms. The molecule has 1 saturated heterocycles. The lowest BCUT2D eigenvalue weighted by Crippen LogP contribution is -2.59. The van der Waals surface area contributed by atoms with E-state index in [2.05, 4.69) is 20.8 Å². The quantitative estimate of drug-likeness (QED) is 0.756. The summed E-state index contributed by atoms with van der Waals surface area (Å²) in [5, 5.41) is 18.5. The van der Waals surface area contributed by atoms with Crippen molar-refractivity contribution in [3.05, 3.63) is 0 Å². The van der Waals surface area contributed by atoms with Gasteiger partial charge in [-0.25, -0.2) is 4.79 Å². The molecule has 0 radical (unpaired) electrons. The number of hydrogen-bond acceptors (Lipinski definition) is 2. The molecule has 18 heavy (non-hydrogen) atoms. The Balaban J connectivity index is 2.08. The van der Waals surface area contributed by atoms with Gasteiger partial charge in [0.2, 0.25) is 0 Å². The molecule has 0 aromatic carbocycles. The number of piperidine rings is 1. The summed E-state index contributed by atoms with van der Waals surface area (Å²) >= 11 is 0. The van der Waals surface area contributed by atoms with Crippen molar-refractivity contribution in [2.24, 2.45) is 22.7 Å². The molecule has 2 aliphatic rings. The fraction of sp³-hybridized carbons (Fsp3) is 0.929. The lowest BCUT2D eigenvalue weighted by Gasteiger charge is -2.62. The van der Waals surface area contributed by atoms with Gasteiger partial charge in [-0.3, -0.25) is 0 Å². The Hall–Kier alpha value is -0.770. The highest BCUT2D eigenvalue weighted by Gasteiger charge is 2.58. The van der Waals surface area contributed by atoms with E-state index in [-0.39, 0.29) is 17.4 Å². The van der Waals surface area contributed by atoms with Crippen molar-refractivity contribution in [3.63, 3.8) is 0 Å². The molecule has 4 nitrogen and oxygen atoms in total. The third-order valence-electron chi connectivity index (χ3n) is 5.00. The van der Waals surface area contributed by atoms with Crippen LogP contribution in [0.5, 0.6) is 0 Å². The fourth-order valence-corrected chi connectivity index (χ4v) is 4.56. The Morgan fingerprint density at radius 3 is 2.28 bits per heavy atom. The van der Waals surface area contributed by atoms with Crippen LogP contribution in [0.15, 0.2) is 0 Å².